The fraction of sp³-hybridized carbons (Fsp3) is 0.750. The average molecular weight is 210 g/mol. The summed E-state index contributed by atoms with van der Waals surface area (Å²) in [4.78, 5) is 4.26. The zero-order chi connectivity index (χ0) is 11.5. The lowest BCUT2D eigenvalue weighted by atomic mass is 9.88. The van der Waals surface area contributed by atoms with Crippen molar-refractivity contribution >= 4 is 0 Å². The first kappa shape index (κ1) is 12.2. The molecule has 1 N–H and O–H groups in total. The van der Waals surface area contributed by atoms with Crippen LogP contribution >= 0.6 is 0 Å². The van der Waals surface area contributed by atoms with Gasteiger partial charge in [0.15, 0.2) is 0 Å². The molecule has 0 radical (unpaired) electrons. The normalized spacial score (nSPS) is 14.2. The Hall–Kier alpha value is -0.830. The minimum Gasteiger partial charge on any atom is -0.393 e. The van der Waals surface area contributed by atoms with Gasteiger partial charge in [0.25, 0.3) is 0 Å². The minimum absolute atomic E-state index is 0.170. The smallest absolute Gasteiger partial charge is 0.111 e. The van der Waals surface area contributed by atoms with E-state index >= 15 is 0 Å². The molecule has 0 amide bonds. The maximum absolute atomic E-state index is 9.92. The highest BCUT2D eigenvalue weighted by Gasteiger charge is 2.18. The van der Waals surface area contributed by atoms with Crippen molar-refractivity contribution in [3.05, 3.63) is 18.2 Å². The largest absolute Gasteiger partial charge is 0.393 e. The summed E-state index contributed by atoms with van der Waals surface area (Å²) in [5.41, 5.74) is 0.170. The predicted octanol–water partition coefficient (Wildman–Crippen LogP) is 2.24. The van der Waals surface area contributed by atoms with E-state index < -0.39 is 0 Å². The molecule has 0 fully saturated rings. The van der Waals surface area contributed by atoms with E-state index in [-0.39, 0.29) is 11.5 Å². The topological polar surface area (TPSA) is 38.0 Å². The van der Waals surface area contributed by atoms with Gasteiger partial charge in [0, 0.05) is 25.4 Å². The Morgan fingerprint density at radius 2 is 2.13 bits per heavy atom. The first-order chi connectivity index (χ1) is 6.92. The maximum atomic E-state index is 9.92. The average Bonchev–Trinajstić information content (AvgIpc) is 2.48. The number of hydrogen-bond donors (Lipinski definition) is 1. The molecular weight excluding hydrogens is 188 g/mol. The third kappa shape index (κ3) is 4.04. The van der Waals surface area contributed by atoms with Crippen molar-refractivity contribution in [1.82, 2.24) is 9.55 Å². The van der Waals surface area contributed by atoms with E-state index in [2.05, 4.69) is 37.2 Å². The first-order valence-corrected chi connectivity index (χ1v) is 5.60. The van der Waals surface area contributed by atoms with Crippen molar-refractivity contribution in [3.8, 4) is 0 Å². The highest BCUT2D eigenvalue weighted by atomic mass is 16.3. The van der Waals surface area contributed by atoms with E-state index in [0.29, 0.717) is 6.42 Å². The minimum atomic E-state index is -0.294. The van der Waals surface area contributed by atoms with Gasteiger partial charge in [0.2, 0.25) is 0 Å². The van der Waals surface area contributed by atoms with Gasteiger partial charge in [-0.05, 0) is 18.8 Å². The molecule has 1 rings (SSSR count). The molecule has 0 aliphatic carbocycles. The zero-order valence-corrected chi connectivity index (χ0v) is 10.2. The fourth-order valence-electron chi connectivity index (χ4n) is 1.81. The Labute approximate surface area is 92.1 Å². The molecule has 3 heteroatoms. The summed E-state index contributed by atoms with van der Waals surface area (Å²) in [6, 6.07) is 0. The van der Waals surface area contributed by atoms with E-state index in [1.807, 2.05) is 6.20 Å². The van der Waals surface area contributed by atoms with Crippen LogP contribution < -0.4 is 0 Å². The molecular formula is C12H22N2O. The van der Waals surface area contributed by atoms with Gasteiger partial charge in [0.1, 0.15) is 5.82 Å². The van der Waals surface area contributed by atoms with Gasteiger partial charge in [-0.3, -0.25) is 0 Å². The van der Waals surface area contributed by atoms with E-state index in [1.54, 1.807) is 6.20 Å². The Kier molecular flexibility index (Phi) is 3.91. The summed E-state index contributed by atoms with van der Waals surface area (Å²) in [6.45, 7) is 9.42. The van der Waals surface area contributed by atoms with Crippen LogP contribution in [0.25, 0.3) is 0 Å². The Morgan fingerprint density at radius 3 is 2.67 bits per heavy atom. The Morgan fingerprint density at radius 1 is 1.47 bits per heavy atom. The van der Waals surface area contributed by atoms with Crippen LogP contribution in [0.15, 0.2) is 12.4 Å². The Bertz CT molecular complexity index is 299. The highest BCUT2D eigenvalue weighted by Crippen LogP contribution is 2.22. The van der Waals surface area contributed by atoms with E-state index in [1.165, 1.54) is 0 Å². The monoisotopic (exact) mass is 210 g/mol. The second-order valence-corrected chi connectivity index (χ2v) is 5.25. The molecule has 15 heavy (non-hydrogen) atoms. The fourth-order valence-corrected chi connectivity index (χ4v) is 1.81. The van der Waals surface area contributed by atoms with Gasteiger partial charge in [-0.15, -0.1) is 0 Å². The first-order valence-electron chi connectivity index (χ1n) is 5.60. The van der Waals surface area contributed by atoms with Crippen molar-refractivity contribution in [3.63, 3.8) is 0 Å². The molecule has 0 saturated carbocycles. The van der Waals surface area contributed by atoms with Gasteiger partial charge in [0.05, 0.1) is 6.10 Å². The molecule has 1 unspecified atom stereocenters. The van der Waals surface area contributed by atoms with Gasteiger partial charge < -0.3 is 9.67 Å². The summed E-state index contributed by atoms with van der Waals surface area (Å²) in [6.07, 6.45) is 4.92. The zero-order valence-electron chi connectivity index (χ0n) is 10.2. The van der Waals surface area contributed by atoms with Crippen molar-refractivity contribution in [2.24, 2.45) is 5.41 Å². The predicted molar refractivity (Wildman–Crippen MR) is 61.7 cm³/mol. The molecule has 0 saturated heterocycles. The van der Waals surface area contributed by atoms with Gasteiger partial charge in [-0.2, -0.15) is 0 Å². The molecule has 0 aromatic carbocycles. The molecule has 1 aromatic rings. The summed E-state index contributed by atoms with van der Waals surface area (Å²) in [5.74, 6) is 0.981. The quantitative estimate of drug-likeness (QED) is 0.827. The molecule has 0 bridgehead atoms. The van der Waals surface area contributed by atoms with Gasteiger partial charge in [-0.25, -0.2) is 4.98 Å². The van der Waals surface area contributed by atoms with Crippen molar-refractivity contribution in [1.29, 1.82) is 0 Å². The lowest BCUT2D eigenvalue weighted by Crippen LogP contribution is -2.21. The summed E-state index contributed by atoms with van der Waals surface area (Å²) < 4.78 is 2.08. The number of aryl methyl sites for hydroxylation is 1. The number of aromatic nitrogens is 2. The van der Waals surface area contributed by atoms with Gasteiger partial charge in [-0.1, -0.05) is 20.8 Å². The molecule has 0 aliphatic rings. The highest BCUT2D eigenvalue weighted by molar-refractivity contribution is 4.94. The standard InChI is InChI=1S/C12H22N2O/c1-5-14-7-6-13-11(14)8-10(15)9-12(2,3)4/h6-7,10,15H,5,8-9H2,1-4H3. The van der Waals surface area contributed by atoms with Crippen LogP contribution in [0.3, 0.4) is 0 Å². The van der Waals surface area contributed by atoms with Crippen LogP contribution in [0, 0.1) is 5.41 Å². The van der Waals surface area contributed by atoms with Gasteiger partial charge >= 0.3 is 0 Å². The molecule has 86 valence electrons. The third-order valence-corrected chi connectivity index (χ3v) is 2.41. The molecule has 1 atom stereocenters. The maximum Gasteiger partial charge on any atom is 0.111 e. The SMILES string of the molecule is CCn1ccnc1CC(O)CC(C)(C)C. The number of aliphatic hydroxyl groups is 1. The van der Waals surface area contributed by atoms with Crippen LogP contribution in [-0.4, -0.2) is 20.8 Å². The number of hydrogen-bond acceptors (Lipinski definition) is 2. The van der Waals surface area contributed by atoms with Crippen molar-refractivity contribution in [2.75, 3.05) is 0 Å². The molecule has 0 spiro atoms. The summed E-state index contributed by atoms with van der Waals surface area (Å²) in [7, 11) is 0. The van der Waals surface area contributed by atoms with E-state index in [9.17, 15) is 5.11 Å². The van der Waals surface area contributed by atoms with Crippen LogP contribution in [-0.2, 0) is 13.0 Å². The summed E-state index contributed by atoms with van der Waals surface area (Å²) in [5, 5.41) is 9.92. The number of aliphatic hydroxyl groups excluding tert-OH is 1. The van der Waals surface area contributed by atoms with E-state index in [4.69, 9.17) is 0 Å². The lowest BCUT2D eigenvalue weighted by molar-refractivity contribution is 0.119. The van der Waals surface area contributed by atoms with Crippen LogP contribution in [0.5, 0.6) is 0 Å². The van der Waals surface area contributed by atoms with Crippen LogP contribution in [0.4, 0.5) is 0 Å². The third-order valence-electron chi connectivity index (χ3n) is 2.41. The summed E-state index contributed by atoms with van der Waals surface area (Å²) >= 11 is 0. The Balaban J connectivity index is 2.55. The van der Waals surface area contributed by atoms with Crippen molar-refractivity contribution in [2.45, 2.75) is 53.2 Å². The molecule has 1 aromatic heterocycles. The van der Waals surface area contributed by atoms with E-state index in [0.717, 1.165) is 18.8 Å². The molecule has 3 nitrogen and oxygen atoms in total. The number of rotatable bonds is 4. The lowest BCUT2D eigenvalue weighted by Gasteiger charge is -2.22. The number of nitrogens with zero attached hydrogens (tertiary/aromatic N) is 2. The molecule has 1 heterocycles. The van der Waals surface area contributed by atoms with Crippen molar-refractivity contribution < 1.29 is 5.11 Å². The second-order valence-electron chi connectivity index (χ2n) is 5.25. The van der Waals surface area contributed by atoms with Crippen LogP contribution in [0.1, 0.15) is 39.9 Å². The second kappa shape index (κ2) is 4.79. The molecule has 0 aliphatic heterocycles. The van der Waals surface area contributed by atoms with Crippen LogP contribution in [0.2, 0.25) is 0 Å². The number of imidazole rings is 1.